The molecule has 1 unspecified atom stereocenters. The Morgan fingerprint density at radius 3 is 2.33 bits per heavy atom. The van der Waals surface area contributed by atoms with Gasteiger partial charge in [0.15, 0.2) is 0 Å². The van der Waals surface area contributed by atoms with Gasteiger partial charge in [-0.1, -0.05) is 35.0 Å². The fraction of sp³-hybridized carbons (Fsp3) is 0.207. The van der Waals surface area contributed by atoms with Crippen LogP contribution in [0.3, 0.4) is 0 Å². The van der Waals surface area contributed by atoms with Crippen molar-refractivity contribution in [3.8, 4) is 11.1 Å². The number of nitrogens with one attached hydrogen (secondary N) is 5. The van der Waals surface area contributed by atoms with Crippen molar-refractivity contribution >= 4 is 45.9 Å². The van der Waals surface area contributed by atoms with E-state index in [1.165, 1.54) is 12.1 Å². The van der Waals surface area contributed by atoms with Crippen molar-refractivity contribution in [1.29, 1.82) is 4.78 Å². The number of aliphatic hydroxyl groups excluding tert-OH is 1. The first-order valence-electron chi connectivity index (χ1n) is 12.7. The van der Waals surface area contributed by atoms with E-state index >= 15 is 0 Å². The predicted molar refractivity (Wildman–Crippen MR) is 162 cm³/mol. The van der Waals surface area contributed by atoms with Crippen LogP contribution < -0.4 is 21.3 Å². The van der Waals surface area contributed by atoms with Gasteiger partial charge >= 0.3 is 6.18 Å². The quantitative estimate of drug-likeness (QED) is 0.117. The van der Waals surface area contributed by atoms with E-state index in [2.05, 4.69) is 31.2 Å². The molecule has 1 aromatic heterocycles. The third kappa shape index (κ3) is 9.28. The van der Waals surface area contributed by atoms with Crippen molar-refractivity contribution in [2.24, 2.45) is 0 Å². The lowest BCUT2D eigenvalue weighted by atomic mass is 10.1. The minimum absolute atomic E-state index is 0.00471. The summed E-state index contributed by atoms with van der Waals surface area (Å²) in [7, 11) is 1.31. The molecule has 0 spiro atoms. The molecule has 0 saturated carbocycles. The molecular formula is C29H32F3N7O2S. The van der Waals surface area contributed by atoms with Gasteiger partial charge in [0.1, 0.15) is 5.82 Å². The molecule has 0 bridgehead atoms. The van der Waals surface area contributed by atoms with E-state index in [0.717, 1.165) is 39.5 Å². The number of alkyl halides is 3. The van der Waals surface area contributed by atoms with Crippen molar-refractivity contribution < 1.29 is 23.1 Å². The summed E-state index contributed by atoms with van der Waals surface area (Å²) in [4.78, 5) is 20.0. The second-order valence-electron chi connectivity index (χ2n) is 9.02. The number of carbonyl (C=O) groups excluding carboxylic acids is 1. The Kier molecular flexibility index (Phi) is 11.4. The summed E-state index contributed by atoms with van der Waals surface area (Å²) in [5, 5.41) is 21.2. The summed E-state index contributed by atoms with van der Waals surface area (Å²) in [6.45, 7) is 1.89. The number of carbonyl (C=O) groups is 1. The average Bonchev–Trinajstić information content (AvgIpc) is 2.98. The van der Waals surface area contributed by atoms with Gasteiger partial charge in [0.2, 0.25) is 12.4 Å². The fourth-order valence-electron chi connectivity index (χ4n) is 3.61. The van der Waals surface area contributed by atoms with Crippen LogP contribution in [0.5, 0.6) is 0 Å². The summed E-state index contributed by atoms with van der Waals surface area (Å²) in [6.07, 6.45) is -0.410. The van der Waals surface area contributed by atoms with Crippen molar-refractivity contribution in [1.82, 2.24) is 9.97 Å². The number of hydrogen-bond donors (Lipinski definition) is 6. The van der Waals surface area contributed by atoms with Crippen LogP contribution in [0, 0.1) is 4.78 Å². The van der Waals surface area contributed by atoms with Gasteiger partial charge in [-0.25, -0.2) is 4.98 Å². The Labute approximate surface area is 244 Å². The van der Waals surface area contributed by atoms with Crippen LogP contribution >= 0.6 is 0 Å². The number of aliphatic hydroxyl groups is 1. The zero-order valence-electron chi connectivity index (χ0n) is 23.2. The average molecular weight is 600 g/mol. The lowest BCUT2D eigenvalue weighted by Crippen LogP contribution is -2.21. The number of aromatic nitrogens is 2. The van der Waals surface area contributed by atoms with Gasteiger partial charge < -0.3 is 26.4 Å². The molecule has 4 aromatic rings. The van der Waals surface area contributed by atoms with Gasteiger partial charge in [0.05, 0.1) is 12.2 Å². The van der Waals surface area contributed by atoms with E-state index in [1.54, 1.807) is 6.20 Å². The van der Waals surface area contributed by atoms with E-state index in [-0.39, 0.29) is 18.3 Å². The standard InChI is InChI=1S/C21H26N6OS.C8H6F3NO/c1-14(13-28)25-20-19(15-7-9-16(23-2)10-8-15)12-24-21(27-20)26-17-5-4-6-18(11-17)29(3)22;9-8(10,11)6-2-1-3-7(4-6)12-5-13/h4-12,14,22-23,28H,13H2,1-3H3,(H2,24,25,26,27);1-5H,(H,12,13)/t14-,29?;/m1./s1. The molecule has 222 valence electrons. The first kappa shape index (κ1) is 32.0. The molecule has 3 aromatic carbocycles. The second-order valence-corrected chi connectivity index (χ2v) is 10.5. The van der Waals surface area contributed by atoms with Gasteiger partial charge in [-0.15, -0.1) is 0 Å². The molecule has 0 aliphatic rings. The fourth-order valence-corrected chi connectivity index (χ4v) is 4.19. The molecule has 0 aliphatic heterocycles. The van der Waals surface area contributed by atoms with Gasteiger partial charge in [-0.2, -0.15) is 18.2 Å². The first-order chi connectivity index (χ1) is 20.0. The summed E-state index contributed by atoms with van der Waals surface area (Å²) >= 11 is 0. The highest BCUT2D eigenvalue weighted by atomic mass is 32.2. The van der Waals surface area contributed by atoms with Crippen LogP contribution in [0.2, 0.25) is 0 Å². The Hall–Kier alpha value is -4.49. The summed E-state index contributed by atoms with van der Waals surface area (Å²) in [6, 6.07) is 20.0. The second kappa shape index (κ2) is 14.9. The topological polar surface area (TPSA) is 135 Å². The van der Waals surface area contributed by atoms with Crippen molar-refractivity contribution in [3.05, 3.63) is 84.6 Å². The van der Waals surface area contributed by atoms with Gasteiger partial charge in [-0.05, 0) is 67.3 Å². The molecule has 9 nitrogen and oxygen atoms in total. The third-order valence-corrected chi connectivity index (χ3v) is 6.75. The Morgan fingerprint density at radius 2 is 1.71 bits per heavy atom. The van der Waals surface area contributed by atoms with Gasteiger partial charge in [-0.3, -0.25) is 9.57 Å². The number of hydrogen-bond acceptors (Lipinski definition) is 8. The van der Waals surface area contributed by atoms with Crippen LogP contribution in [-0.4, -0.2) is 47.4 Å². The smallest absolute Gasteiger partial charge is 0.394 e. The minimum atomic E-state index is -4.37. The maximum atomic E-state index is 12.1. The number of amides is 1. The molecule has 1 amide bonds. The SMILES string of the molecule is CNc1ccc(-c2cnc(Nc3cccc(S(C)=N)c3)nc2N[C@H](C)CO)cc1.O=CNc1cccc(C(F)(F)F)c1. The van der Waals surface area contributed by atoms with Crippen LogP contribution in [0.1, 0.15) is 12.5 Å². The highest BCUT2D eigenvalue weighted by Gasteiger charge is 2.30. The zero-order chi connectivity index (χ0) is 30.7. The Bertz CT molecular complexity index is 1500. The normalized spacial score (nSPS) is 12.3. The van der Waals surface area contributed by atoms with Gasteiger partial charge in [0.25, 0.3) is 0 Å². The monoisotopic (exact) mass is 599 g/mol. The van der Waals surface area contributed by atoms with Crippen LogP contribution in [-0.2, 0) is 21.7 Å². The van der Waals surface area contributed by atoms with Crippen molar-refractivity contribution in [2.75, 3.05) is 41.2 Å². The van der Waals surface area contributed by atoms with E-state index in [9.17, 15) is 23.1 Å². The largest absolute Gasteiger partial charge is 0.416 e. The summed E-state index contributed by atoms with van der Waals surface area (Å²) < 4.78 is 44.2. The maximum Gasteiger partial charge on any atom is 0.416 e. The van der Waals surface area contributed by atoms with Crippen LogP contribution in [0.15, 0.2) is 83.9 Å². The number of benzene rings is 3. The number of rotatable bonds is 10. The van der Waals surface area contributed by atoms with E-state index in [1.807, 2.05) is 68.8 Å². The molecule has 0 saturated heterocycles. The number of anilines is 5. The molecule has 2 atom stereocenters. The van der Waals surface area contributed by atoms with E-state index < -0.39 is 22.4 Å². The number of nitrogens with zero attached hydrogens (tertiary/aromatic N) is 2. The van der Waals surface area contributed by atoms with Crippen molar-refractivity contribution in [2.45, 2.75) is 24.0 Å². The Morgan fingerprint density at radius 1 is 1.02 bits per heavy atom. The lowest BCUT2D eigenvalue weighted by Gasteiger charge is -2.17. The molecule has 0 fully saturated rings. The lowest BCUT2D eigenvalue weighted by molar-refractivity contribution is -0.137. The molecule has 0 aliphatic carbocycles. The van der Waals surface area contributed by atoms with E-state index in [0.29, 0.717) is 18.2 Å². The van der Waals surface area contributed by atoms with Gasteiger partial charge in [0, 0.05) is 46.8 Å². The molecule has 4 rings (SSSR count). The summed E-state index contributed by atoms with van der Waals surface area (Å²) in [5.74, 6) is 1.10. The summed E-state index contributed by atoms with van der Waals surface area (Å²) in [5.41, 5.74) is 3.05. The highest BCUT2D eigenvalue weighted by molar-refractivity contribution is 7.85. The third-order valence-electron chi connectivity index (χ3n) is 5.79. The molecule has 13 heteroatoms. The highest BCUT2D eigenvalue weighted by Crippen LogP contribution is 2.31. The maximum absolute atomic E-state index is 12.1. The molecule has 42 heavy (non-hydrogen) atoms. The molecular weight excluding hydrogens is 567 g/mol. The minimum Gasteiger partial charge on any atom is -0.394 e. The predicted octanol–water partition coefficient (Wildman–Crippen LogP) is 6.36. The Balaban J connectivity index is 0.000000312. The molecule has 6 N–H and O–H groups in total. The van der Waals surface area contributed by atoms with Crippen molar-refractivity contribution in [3.63, 3.8) is 0 Å². The van der Waals surface area contributed by atoms with Crippen LogP contribution in [0.4, 0.5) is 42.0 Å². The molecule has 1 heterocycles. The zero-order valence-corrected chi connectivity index (χ0v) is 24.0. The first-order valence-corrected chi connectivity index (χ1v) is 14.3. The number of halogens is 3. The molecule has 0 radical (unpaired) electrons. The van der Waals surface area contributed by atoms with E-state index in [4.69, 9.17) is 4.78 Å². The van der Waals surface area contributed by atoms with Crippen LogP contribution in [0.25, 0.3) is 11.1 Å².